The Labute approximate surface area is 121 Å². The molecule has 0 radical (unpaired) electrons. The summed E-state index contributed by atoms with van der Waals surface area (Å²) in [6, 6.07) is 7.56. The van der Waals surface area contributed by atoms with E-state index in [2.05, 4.69) is 10.3 Å². The Morgan fingerprint density at radius 2 is 2.25 bits per heavy atom. The van der Waals surface area contributed by atoms with E-state index in [1.807, 2.05) is 24.3 Å². The molecule has 2 aromatic rings. The standard InChI is InChI=1S/C14H16N2O3S/c1-19-12-6-3-2-5-10(12)14-16-11(9-20-14)13(18)15-7-4-8-17/h2-3,5-6,9,17H,4,7-8H2,1H3,(H,15,18). The van der Waals surface area contributed by atoms with Crippen LogP contribution in [0.5, 0.6) is 5.75 Å². The minimum atomic E-state index is -0.226. The summed E-state index contributed by atoms with van der Waals surface area (Å²) >= 11 is 1.40. The van der Waals surface area contributed by atoms with Gasteiger partial charge in [0.2, 0.25) is 0 Å². The third-order valence-electron chi connectivity index (χ3n) is 2.69. The van der Waals surface area contributed by atoms with Gasteiger partial charge >= 0.3 is 0 Å². The highest BCUT2D eigenvalue weighted by Crippen LogP contribution is 2.31. The lowest BCUT2D eigenvalue weighted by atomic mass is 10.2. The number of methoxy groups -OCH3 is 1. The molecule has 0 bridgehead atoms. The van der Waals surface area contributed by atoms with Gasteiger partial charge in [0.15, 0.2) is 0 Å². The number of carbonyl (C=O) groups is 1. The number of para-hydroxylation sites is 1. The first-order valence-electron chi connectivity index (χ1n) is 6.24. The fourth-order valence-corrected chi connectivity index (χ4v) is 2.52. The van der Waals surface area contributed by atoms with Gasteiger partial charge in [0.05, 0.1) is 12.7 Å². The predicted octanol–water partition coefficient (Wildman–Crippen LogP) is 1.93. The summed E-state index contributed by atoms with van der Waals surface area (Å²) in [5.74, 6) is 0.505. The van der Waals surface area contributed by atoms with Crippen LogP contribution in [0.1, 0.15) is 16.9 Å². The minimum Gasteiger partial charge on any atom is -0.496 e. The number of rotatable bonds is 6. The second-order valence-electron chi connectivity index (χ2n) is 4.07. The fraction of sp³-hybridized carbons (Fsp3) is 0.286. The summed E-state index contributed by atoms with van der Waals surface area (Å²) in [4.78, 5) is 16.2. The molecule has 0 unspecified atom stereocenters. The minimum absolute atomic E-state index is 0.0593. The average Bonchev–Trinajstić information content (AvgIpc) is 2.97. The second kappa shape index (κ2) is 7.02. The summed E-state index contributed by atoms with van der Waals surface area (Å²) in [6.45, 7) is 0.501. The van der Waals surface area contributed by atoms with E-state index in [-0.39, 0.29) is 12.5 Å². The molecule has 20 heavy (non-hydrogen) atoms. The van der Waals surface area contributed by atoms with Crippen LogP contribution in [0, 0.1) is 0 Å². The smallest absolute Gasteiger partial charge is 0.270 e. The van der Waals surface area contributed by atoms with Crippen LogP contribution in [0.4, 0.5) is 0 Å². The molecule has 2 rings (SSSR count). The Bertz CT molecular complexity index is 583. The number of aliphatic hydroxyl groups excluding tert-OH is 1. The van der Waals surface area contributed by atoms with E-state index in [0.29, 0.717) is 18.7 Å². The zero-order valence-corrected chi connectivity index (χ0v) is 11.9. The van der Waals surface area contributed by atoms with Crippen molar-refractivity contribution < 1.29 is 14.6 Å². The molecule has 1 amide bonds. The van der Waals surface area contributed by atoms with Crippen LogP contribution in [0.15, 0.2) is 29.6 Å². The van der Waals surface area contributed by atoms with Crippen molar-refractivity contribution in [1.29, 1.82) is 0 Å². The van der Waals surface area contributed by atoms with Crippen molar-refractivity contribution in [3.8, 4) is 16.3 Å². The number of carbonyl (C=O) groups excluding carboxylic acids is 1. The molecule has 6 heteroatoms. The molecule has 106 valence electrons. The number of ether oxygens (including phenoxy) is 1. The van der Waals surface area contributed by atoms with Crippen molar-refractivity contribution in [3.05, 3.63) is 35.3 Å². The molecule has 2 N–H and O–H groups in total. The van der Waals surface area contributed by atoms with Crippen molar-refractivity contribution in [1.82, 2.24) is 10.3 Å². The van der Waals surface area contributed by atoms with E-state index in [9.17, 15) is 4.79 Å². The van der Waals surface area contributed by atoms with Crippen LogP contribution in [-0.4, -0.2) is 36.3 Å². The number of hydrogen-bond acceptors (Lipinski definition) is 5. The number of nitrogens with one attached hydrogen (secondary N) is 1. The molecule has 1 heterocycles. The largest absolute Gasteiger partial charge is 0.496 e. The van der Waals surface area contributed by atoms with Crippen LogP contribution in [0.3, 0.4) is 0 Å². The van der Waals surface area contributed by atoms with Crippen molar-refractivity contribution in [2.24, 2.45) is 0 Å². The average molecular weight is 292 g/mol. The molecular formula is C14H16N2O3S. The lowest BCUT2D eigenvalue weighted by Gasteiger charge is -2.04. The molecule has 0 fully saturated rings. The second-order valence-corrected chi connectivity index (χ2v) is 4.93. The molecule has 1 aromatic heterocycles. The maximum absolute atomic E-state index is 11.8. The van der Waals surface area contributed by atoms with Crippen LogP contribution >= 0.6 is 11.3 Å². The summed E-state index contributed by atoms with van der Waals surface area (Å²) in [5.41, 5.74) is 1.25. The third-order valence-corrected chi connectivity index (χ3v) is 3.57. The Balaban J connectivity index is 2.14. The summed E-state index contributed by atoms with van der Waals surface area (Å²) in [5, 5.41) is 13.9. The van der Waals surface area contributed by atoms with E-state index in [1.54, 1.807) is 12.5 Å². The zero-order chi connectivity index (χ0) is 14.4. The highest BCUT2D eigenvalue weighted by atomic mass is 32.1. The molecule has 0 aliphatic rings. The van der Waals surface area contributed by atoms with Gasteiger partial charge in [-0.15, -0.1) is 11.3 Å². The first-order valence-corrected chi connectivity index (χ1v) is 7.12. The van der Waals surface area contributed by atoms with Crippen LogP contribution in [0.25, 0.3) is 10.6 Å². The molecule has 5 nitrogen and oxygen atoms in total. The molecule has 0 atom stereocenters. The van der Waals surface area contributed by atoms with Crippen molar-refractivity contribution in [2.45, 2.75) is 6.42 Å². The number of aromatic nitrogens is 1. The van der Waals surface area contributed by atoms with E-state index < -0.39 is 0 Å². The molecule has 0 aliphatic heterocycles. The SMILES string of the molecule is COc1ccccc1-c1nc(C(=O)NCCCO)cs1. The number of benzene rings is 1. The molecule has 0 aliphatic carbocycles. The van der Waals surface area contributed by atoms with Crippen LogP contribution < -0.4 is 10.1 Å². The molecule has 0 spiro atoms. The summed E-state index contributed by atoms with van der Waals surface area (Å²) < 4.78 is 5.29. The zero-order valence-electron chi connectivity index (χ0n) is 11.1. The van der Waals surface area contributed by atoms with Gasteiger partial charge in [-0.1, -0.05) is 12.1 Å². The van der Waals surface area contributed by atoms with E-state index in [1.165, 1.54) is 11.3 Å². The Morgan fingerprint density at radius 3 is 3.00 bits per heavy atom. The van der Waals surface area contributed by atoms with Gasteiger partial charge in [-0.05, 0) is 18.6 Å². The number of thiazole rings is 1. The summed E-state index contributed by atoms with van der Waals surface area (Å²) in [6.07, 6.45) is 0.537. The van der Waals surface area contributed by atoms with Gasteiger partial charge in [0.1, 0.15) is 16.5 Å². The third kappa shape index (κ3) is 3.34. The van der Waals surface area contributed by atoms with Crippen molar-refractivity contribution in [3.63, 3.8) is 0 Å². The maximum Gasteiger partial charge on any atom is 0.270 e. The Morgan fingerprint density at radius 1 is 1.45 bits per heavy atom. The first kappa shape index (κ1) is 14.5. The van der Waals surface area contributed by atoms with E-state index in [4.69, 9.17) is 9.84 Å². The Hall–Kier alpha value is -1.92. The van der Waals surface area contributed by atoms with Gasteiger partial charge in [0.25, 0.3) is 5.91 Å². The topological polar surface area (TPSA) is 71.5 Å². The number of nitrogens with zero attached hydrogens (tertiary/aromatic N) is 1. The first-order chi connectivity index (χ1) is 9.76. The van der Waals surface area contributed by atoms with Gasteiger partial charge < -0.3 is 15.2 Å². The highest BCUT2D eigenvalue weighted by Gasteiger charge is 2.13. The normalized spacial score (nSPS) is 10.3. The Kier molecular flexibility index (Phi) is 5.09. The monoisotopic (exact) mass is 292 g/mol. The van der Waals surface area contributed by atoms with Crippen LogP contribution in [0.2, 0.25) is 0 Å². The van der Waals surface area contributed by atoms with E-state index in [0.717, 1.165) is 16.3 Å². The quantitative estimate of drug-likeness (QED) is 0.798. The molecule has 1 aromatic carbocycles. The number of amides is 1. The molecule has 0 saturated heterocycles. The van der Waals surface area contributed by atoms with Gasteiger partial charge in [-0.3, -0.25) is 4.79 Å². The van der Waals surface area contributed by atoms with Crippen molar-refractivity contribution >= 4 is 17.2 Å². The lowest BCUT2D eigenvalue weighted by molar-refractivity contribution is 0.0947. The van der Waals surface area contributed by atoms with Gasteiger partial charge in [-0.25, -0.2) is 4.98 Å². The lowest BCUT2D eigenvalue weighted by Crippen LogP contribution is -2.25. The number of aliphatic hydroxyl groups is 1. The van der Waals surface area contributed by atoms with Crippen LogP contribution in [-0.2, 0) is 0 Å². The van der Waals surface area contributed by atoms with E-state index >= 15 is 0 Å². The summed E-state index contributed by atoms with van der Waals surface area (Å²) in [7, 11) is 1.61. The molecule has 0 saturated carbocycles. The van der Waals surface area contributed by atoms with Gasteiger partial charge in [-0.2, -0.15) is 0 Å². The highest BCUT2D eigenvalue weighted by molar-refractivity contribution is 7.13. The molecular weight excluding hydrogens is 276 g/mol. The fourth-order valence-electron chi connectivity index (χ4n) is 1.69. The van der Waals surface area contributed by atoms with Gasteiger partial charge in [0, 0.05) is 18.5 Å². The number of hydrogen-bond donors (Lipinski definition) is 2. The predicted molar refractivity (Wildman–Crippen MR) is 78.1 cm³/mol. The maximum atomic E-state index is 11.8. The van der Waals surface area contributed by atoms with Crippen molar-refractivity contribution in [2.75, 3.05) is 20.3 Å².